The van der Waals surface area contributed by atoms with Crippen molar-refractivity contribution in [1.82, 2.24) is 0 Å². The predicted octanol–water partition coefficient (Wildman–Crippen LogP) is 1.33. The van der Waals surface area contributed by atoms with E-state index in [0.29, 0.717) is 12.8 Å². The number of benzene rings is 1. The molecule has 0 aromatic heterocycles. The summed E-state index contributed by atoms with van der Waals surface area (Å²) >= 11 is 0. The molecule has 4 heteroatoms. The fourth-order valence-electron chi connectivity index (χ4n) is 2.23. The van der Waals surface area contributed by atoms with Crippen LogP contribution in [0.25, 0.3) is 0 Å². The smallest absolute Gasteiger partial charge is 0.326 e. The van der Waals surface area contributed by atoms with Gasteiger partial charge in [-0.2, -0.15) is 0 Å². The van der Waals surface area contributed by atoms with E-state index in [4.69, 9.17) is 16.2 Å². The normalized spacial score (nSPS) is 27.8. The lowest BCUT2D eigenvalue weighted by Gasteiger charge is -2.33. The van der Waals surface area contributed by atoms with E-state index < -0.39 is 5.54 Å². The van der Waals surface area contributed by atoms with Gasteiger partial charge in [0.15, 0.2) is 0 Å². The van der Waals surface area contributed by atoms with Crippen molar-refractivity contribution < 1.29 is 9.53 Å². The molecule has 0 heterocycles. The van der Waals surface area contributed by atoms with E-state index in [-0.39, 0.29) is 18.6 Å². The fourth-order valence-corrected chi connectivity index (χ4v) is 2.23. The van der Waals surface area contributed by atoms with Crippen LogP contribution in [0.3, 0.4) is 0 Å². The van der Waals surface area contributed by atoms with Gasteiger partial charge in [-0.1, -0.05) is 30.3 Å². The second-order valence-electron chi connectivity index (χ2n) is 5.06. The molecule has 4 N–H and O–H groups in total. The molecule has 0 saturated heterocycles. The van der Waals surface area contributed by atoms with Crippen molar-refractivity contribution in [1.29, 1.82) is 0 Å². The molecule has 0 bridgehead atoms. The summed E-state index contributed by atoms with van der Waals surface area (Å²) in [6.45, 7) is 0.282. The minimum absolute atomic E-state index is 0.170. The zero-order chi connectivity index (χ0) is 13.0. The first-order valence-corrected chi connectivity index (χ1v) is 6.36. The standard InChI is InChI=1S/C14H20N2O2/c15-12-6-8-14(16,9-7-12)13(17)18-10-11-4-2-1-3-5-11/h1-5,12H,6-10,15-16H2. The van der Waals surface area contributed by atoms with Crippen LogP contribution in [0, 0.1) is 0 Å². The second-order valence-corrected chi connectivity index (χ2v) is 5.06. The molecule has 0 spiro atoms. The third-order valence-electron chi connectivity index (χ3n) is 3.54. The summed E-state index contributed by atoms with van der Waals surface area (Å²) in [5.74, 6) is -0.307. The Kier molecular flexibility index (Phi) is 3.99. The average Bonchev–Trinajstić information content (AvgIpc) is 2.41. The maximum Gasteiger partial charge on any atom is 0.326 e. The molecule has 1 aliphatic carbocycles. The molecule has 1 aliphatic rings. The lowest BCUT2D eigenvalue weighted by atomic mass is 9.80. The molecule has 98 valence electrons. The van der Waals surface area contributed by atoms with E-state index >= 15 is 0 Å². The van der Waals surface area contributed by atoms with Crippen LogP contribution >= 0.6 is 0 Å². The summed E-state index contributed by atoms with van der Waals surface area (Å²) in [7, 11) is 0. The monoisotopic (exact) mass is 248 g/mol. The minimum Gasteiger partial charge on any atom is -0.459 e. The molecular formula is C14H20N2O2. The number of hydrogen-bond donors (Lipinski definition) is 2. The Morgan fingerprint density at radius 2 is 1.89 bits per heavy atom. The van der Waals surface area contributed by atoms with Crippen LogP contribution in [-0.2, 0) is 16.1 Å². The first-order chi connectivity index (χ1) is 8.60. The second kappa shape index (κ2) is 5.50. The van der Waals surface area contributed by atoms with Gasteiger partial charge < -0.3 is 16.2 Å². The van der Waals surface area contributed by atoms with Gasteiger partial charge in [0.2, 0.25) is 0 Å². The topological polar surface area (TPSA) is 78.3 Å². The molecule has 1 fully saturated rings. The first-order valence-electron chi connectivity index (χ1n) is 6.36. The largest absolute Gasteiger partial charge is 0.459 e. The summed E-state index contributed by atoms with van der Waals surface area (Å²) in [5, 5.41) is 0. The number of carbonyl (C=O) groups excluding carboxylic acids is 1. The molecule has 0 atom stereocenters. The van der Waals surface area contributed by atoms with Gasteiger partial charge in [-0.3, -0.25) is 4.79 Å². The molecule has 0 aliphatic heterocycles. The van der Waals surface area contributed by atoms with Gasteiger partial charge in [-0.25, -0.2) is 0 Å². The molecule has 1 aromatic rings. The molecular weight excluding hydrogens is 228 g/mol. The van der Waals surface area contributed by atoms with Crippen LogP contribution in [0.1, 0.15) is 31.2 Å². The van der Waals surface area contributed by atoms with Crippen LogP contribution < -0.4 is 11.5 Å². The molecule has 1 aromatic carbocycles. The van der Waals surface area contributed by atoms with Crippen molar-refractivity contribution >= 4 is 5.97 Å². The van der Waals surface area contributed by atoms with Gasteiger partial charge in [0, 0.05) is 6.04 Å². The Balaban J connectivity index is 1.88. The van der Waals surface area contributed by atoms with E-state index in [2.05, 4.69) is 0 Å². The Bertz CT molecular complexity index is 398. The summed E-state index contributed by atoms with van der Waals surface area (Å²) in [5.41, 5.74) is 12.0. The minimum atomic E-state index is -0.843. The molecule has 0 unspecified atom stereocenters. The van der Waals surface area contributed by atoms with Crippen LogP contribution in [0.15, 0.2) is 30.3 Å². The van der Waals surface area contributed by atoms with Gasteiger partial charge in [0.1, 0.15) is 12.1 Å². The molecule has 0 amide bonds. The van der Waals surface area contributed by atoms with E-state index in [0.717, 1.165) is 18.4 Å². The summed E-state index contributed by atoms with van der Waals surface area (Å²) < 4.78 is 5.30. The highest BCUT2D eigenvalue weighted by molar-refractivity contribution is 5.80. The van der Waals surface area contributed by atoms with Crippen molar-refractivity contribution in [2.45, 2.75) is 43.9 Å². The summed E-state index contributed by atoms with van der Waals surface area (Å²) in [6.07, 6.45) is 2.80. The fraction of sp³-hybridized carbons (Fsp3) is 0.500. The van der Waals surface area contributed by atoms with Crippen LogP contribution in [0.5, 0.6) is 0 Å². The SMILES string of the molecule is NC1CCC(N)(C(=O)OCc2ccccc2)CC1. The van der Waals surface area contributed by atoms with Gasteiger partial charge in [-0.05, 0) is 31.2 Å². The summed E-state index contributed by atoms with van der Waals surface area (Å²) in [4.78, 5) is 12.0. The molecule has 18 heavy (non-hydrogen) atoms. The van der Waals surface area contributed by atoms with Gasteiger partial charge >= 0.3 is 5.97 Å². The van der Waals surface area contributed by atoms with E-state index in [1.165, 1.54) is 0 Å². The Hall–Kier alpha value is -1.39. The Morgan fingerprint density at radius 1 is 1.28 bits per heavy atom. The highest BCUT2D eigenvalue weighted by Gasteiger charge is 2.38. The van der Waals surface area contributed by atoms with Crippen molar-refractivity contribution in [2.75, 3.05) is 0 Å². The van der Waals surface area contributed by atoms with E-state index in [1.807, 2.05) is 30.3 Å². The lowest BCUT2D eigenvalue weighted by molar-refractivity contribution is -0.153. The summed E-state index contributed by atoms with van der Waals surface area (Å²) in [6, 6.07) is 9.78. The third-order valence-corrected chi connectivity index (χ3v) is 3.54. The molecule has 1 saturated carbocycles. The number of nitrogens with two attached hydrogens (primary N) is 2. The van der Waals surface area contributed by atoms with Gasteiger partial charge in [-0.15, -0.1) is 0 Å². The van der Waals surface area contributed by atoms with Crippen LogP contribution in [0.4, 0.5) is 0 Å². The van der Waals surface area contributed by atoms with Crippen molar-refractivity contribution in [3.8, 4) is 0 Å². The predicted molar refractivity (Wildman–Crippen MR) is 69.6 cm³/mol. The number of carbonyl (C=O) groups is 1. The van der Waals surface area contributed by atoms with E-state index in [9.17, 15) is 4.79 Å². The zero-order valence-electron chi connectivity index (χ0n) is 10.5. The molecule has 4 nitrogen and oxygen atoms in total. The third kappa shape index (κ3) is 3.09. The van der Waals surface area contributed by atoms with Gasteiger partial charge in [0.05, 0.1) is 0 Å². The zero-order valence-corrected chi connectivity index (χ0v) is 10.5. The highest BCUT2D eigenvalue weighted by Crippen LogP contribution is 2.26. The average molecular weight is 248 g/mol. The number of rotatable bonds is 3. The van der Waals surface area contributed by atoms with Crippen LogP contribution in [0.2, 0.25) is 0 Å². The number of hydrogen-bond acceptors (Lipinski definition) is 4. The lowest BCUT2D eigenvalue weighted by Crippen LogP contribution is -2.53. The van der Waals surface area contributed by atoms with Crippen molar-refractivity contribution in [2.24, 2.45) is 11.5 Å². The maximum atomic E-state index is 12.0. The first kappa shape index (κ1) is 13.1. The van der Waals surface area contributed by atoms with Crippen molar-refractivity contribution in [3.63, 3.8) is 0 Å². The van der Waals surface area contributed by atoms with Gasteiger partial charge in [0.25, 0.3) is 0 Å². The molecule has 0 radical (unpaired) electrons. The number of ether oxygens (including phenoxy) is 1. The highest BCUT2D eigenvalue weighted by atomic mass is 16.5. The molecule has 2 rings (SSSR count). The number of esters is 1. The van der Waals surface area contributed by atoms with E-state index in [1.54, 1.807) is 0 Å². The Morgan fingerprint density at radius 3 is 2.50 bits per heavy atom. The van der Waals surface area contributed by atoms with Crippen molar-refractivity contribution in [3.05, 3.63) is 35.9 Å². The maximum absolute atomic E-state index is 12.0. The Labute approximate surface area is 107 Å². The quantitative estimate of drug-likeness (QED) is 0.791. The van der Waals surface area contributed by atoms with Crippen LogP contribution in [-0.4, -0.2) is 17.6 Å².